The first-order valence-electron chi connectivity index (χ1n) is 6.14. The van der Waals surface area contributed by atoms with Gasteiger partial charge in [-0.1, -0.05) is 0 Å². The first-order chi connectivity index (χ1) is 7.68. The van der Waals surface area contributed by atoms with Crippen molar-refractivity contribution in [3.63, 3.8) is 0 Å². The Morgan fingerprint density at radius 3 is 2.81 bits per heavy atom. The summed E-state index contributed by atoms with van der Waals surface area (Å²) >= 11 is 0. The summed E-state index contributed by atoms with van der Waals surface area (Å²) in [4.78, 5) is 11.2. The van der Waals surface area contributed by atoms with Gasteiger partial charge < -0.3 is 14.8 Å². The van der Waals surface area contributed by atoms with Crippen LogP contribution in [-0.4, -0.2) is 38.4 Å². The molecule has 0 aromatic carbocycles. The molecule has 1 rings (SSSR count). The highest BCUT2D eigenvalue weighted by atomic mass is 16.5. The van der Waals surface area contributed by atoms with E-state index in [1.54, 1.807) is 0 Å². The van der Waals surface area contributed by atoms with E-state index in [9.17, 15) is 4.79 Å². The number of ether oxygens (including phenoxy) is 2. The molecule has 0 heterocycles. The minimum Gasteiger partial charge on any atom is -0.381 e. The zero-order chi connectivity index (χ0) is 11.8. The Morgan fingerprint density at radius 1 is 1.44 bits per heavy atom. The Hall–Kier alpha value is -0.610. The first-order valence-corrected chi connectivity index (χ1v) is 6.14. The SMILES string of the molecule is CC(C)OCC(=O)NCCCOCC1CC1. The maximum atomic E-state index is 11.2. The maximum Gasteiger partial charge on any atom is 0.246 e. The van der Waals surface area contributed by atoms with E-state index in [4.69, 9.17) is 9.47 Å². The maximum absolute atomic E-state index is 11.2. The lowest BCUT2D eigenvalue weighted by molar-refractivity contribution is -0.127. The quantitative estimate of drug-likeness (QED) is 0.607. The van der Waals surface area contributed by atoms with Crippen LogP contribution < -0.4 is 5.32 Å². The fourth-order valence-electron chi connectivity index (χ4n) is 1.23. The third-order valence-electron chi connectivity index (χ3n) is 2.39. The van der Waals surface area contributed by atoms with E-state index in [0.29, 0.717) is 6.54 Å². The van der Waals surface area contributed by atoms with Crippen LogP contribution >= 0.6 is 0 Å². The molecule has 1 aliphatic carbocycles. The summed E-state index contributed by atoms with van der Waals surface area (Å²) in [6.07, 6.45) is 3.62. The van der Waals surface area contributed by atoms with Gasteiger partial charge in [-0.15, -0.1) is 0 Å². The second-order valence-electron chi connectivity index (χ2n) is 4.58. The van der Waals surface area contributed by atoms with Crippen molar-refractivity contribution in [1.82, 2.24) is 5.32 Å². The third kappa shape index (κ3) is 7.65. The summed E-state index contributed by atoms with van der Waals surface area (Å²) in [6.45, 7) is 6.29. The highest BCUT2D eigenvalue weighted by molar-refractivity contribution is 5.77. The molecule has 0 atom stereocenters. The largest absolute Gasteiger partial charge is 0.381 e. The van der Waals surface area contributed by atoms with Crippen LogP contribution in [0.4, 0.5) is 0 Å². The van der Waals surface area contributed by atoms with Crippen LogP contribution in [0.2, 0.25) is 0 Å². The van der Waals surface area contributed by atoms with Crippen molar-refractivity contribution in [2.75, 3.05) is 26.4 Å². The minimum atomic E-state index is -0.0455. The molecular formula is C12H23NO3. The van der Waals surface area contributed by atoms with Gasteiger partial charge in [0.25, 0.3) is 0 Å². The zero-order valence-corrected chi connectivity index (χ0v) is 10.3. The fraction of sp³-hybridized carbons (Fsp3) is 0.917. The smallest absolute Gasteiger partial charge is 0.246 e. The molecule has 1 fully saturated rings. The van der Waals surface area contributed by atoms with Crippen LogP contribution in [0.1, 0.15) is 33.1 Å². The fourth-order valence-corrected chi connectivity index (χ4v) is 1.23. The molecule has 0 spiro atoms. The van der Waals surface area contributed by atoms with Crippen LogP contribution in [0.15, 0.2) is 0 Å². The molecule has 1 amide bonds. The van der Waals surface area contributed by atoms with E-state index in [1.807, 2.05) is 13.8 Å². The van der Waals surface area contributed by atoms with Crippen LogP contribution in [-0.2, 0) is 14.3 Å². The van der Waals surface area contributed by atoms with Crippen LogP contribution in [0.5, 0.6) is 0 Å². The van der Waals surface area contributed by atoms with Gasteiger partial charge in [0.15, 0.2) is 0 Å². The molecule has 1 aliphatic rings. The number of amides is 1. The summed E-state index contributed by atoms with van der Waals surface area (Å²) in [5.74, 6) is 0.768. The lowest BCUT2D eigenvalue weighted by Gasteiger charge is -2.08. The van der Waals surface area contributed by atoms with Crippen molar-refractivity contribution >= 4 is 5.91 Å². The average molecular weight is 229 g/mol. The van der Waals surface area contributed by atoms with Crippen LogP contribution in [0.25, 0.3) is 0 Å². The lowest BCUT2D eigenvalue weighted by Crippen LogP contribution is -2.30. The molecule has 16 heavy (non-hydrogen) atoms. The van der Waals surface area contributed by atoms with E-state index in [1.165, 1.54) is 12.8 Å². The summed E-state index contributed by atoms with van der Waals surface area (Å²) in [5, 5.41) is 2.80. The van der Waals surface area contributed by atoms with Crippen LogP contribution in [0, 0.1) is 5.92 Å². The van der Waals surface area contributed by atoms with E-state index in [-0.39, 0.29) is 18.6 Å². The predicted molar refractivity (Wildman–Crippen MR) is 62.3 cm³/mol. The molecule has 0 saturated heterocycles. The van der Waals surface area contributed by atoms with Gasteiger partial charge in [0.05, 0.1) is 6.10 Å². The molecule has 0 aromatic rings. The Labute approximate surface area is 97.7 Å². The molecule has 1 N–H and O–H groups in total. The van der Waals surface area contributed by atoms with Gasteiger partial charge in [-0.25, -0.2) is 0 Å². The molecule has 94 valence electrons. The average Bonchev–Trinajstić information content (AvgIpc) is 3.04. The van der Waals surface area contributed by atoms with Crippen LogP contribution in [0.3, 0.4) is 0 Å². The number of carbonyl (C=O) groups excluding carboxylic acids is 1. The standard InChI is InChI=1S/C12H23NO3/c1-10(2)16-9-12(14)13-6-3-7-15-8-11-4-5-11/h10-11H,3-9H2,1-2H3,(H,13,14). The Morgan fingerprint density at radius 2 is 2.19 bits per heavy atom. The van der Waals surface area contributed by atoms with Gasteiger partial charge in [0.1, 0.15) is 6.61 Å². The molecular weight excluding hydrogens is 206 g/mol. The summed E-state index contributed by atoms with van der Waals surface area (Å²) < 4.78 is 10.6. The minimum absolute atomic E-state index is 0.0455. The molecule has 0 aliphatic heterocycles. The highest BCUT2D eigenvalue weighted by Crippen LogP contribution is 2.28. The topological polar surface area (TPSA) is 47.6 Å². The zero-order valence-electron chi connectivity index (χ0n) is 10.3. The highest BCUT2D eigenvalue weighted by Gasteiger charge is 2.20. The molecule has 0 bridgehead atoms. The molecule has 0 unspecified atom stereocenters. The van der Waals surface area contributed by atoms with Crippen molar-refractivity contribution < 1.29 is 14.3 Å². The number of hydrogen-bond donors (Lipinski definition) is 1. The molecule has 4 nitrogen and oxygen atoms in total. The molecule has 0 radical (unpaired) electrons. The van der Waals surface area contributed by atoms with Crippen molar-refractivity contribution in [3.8, 4) is 0 Å². The normalized spacial score (nSPS) is 15.4. The van der Waals surface area contributed by atoms with Crippen molar-refractivity contribution in [1.29, 1.82) is 0 Å². The van der Waals surface area contributed by atoms with E-state index in [2.05, 4.69) is 5.32 Å². The van der Waals surface area contributed by atoms with Gasteiger partial charge in [-0.2, -0.15) is 0 Å². The first kappa shape index (κ1) is 13.5. The molecule has 4 heteroatoms. The number of carbonyl (C=O) groups is 1. The lowest BCUT2D eigenvalue weighted by atomic mass is 10.4. The monoisotopic (exact) mass is 229 g/mol. The molecule has 0 aromatic heterocycles. The second-order valence-corrected chi connectivity index (χ2v) is 4.58. The van der Waals surface area contributed by atoms with Gasteiger partial charge in [-0.3, -0.25) is 4.79 Å². The number of hydrogen-bond acceptors (Lipinski definition) is 3. The van der Waals surface area contributed by atoms with Crippen molar-refractivity contribution in [3.05, 3.63) is 0 Å². The van der Waals surface area contributed by atoms with E-state index >= 15 is 0 Å². The van der Waals surface area contributed by atoms with Gasteiger partial charge in [-0.05, 0) is 39.0 Å². The third-order valence-corrected chi connectivity index (χ3v) is 2.39. The number of nitrogens with one attached hydrogen (secondary N) is 1. The Bertz CT molecular complexity index is 202. The predicted octanol–water partition coefficient (Wildman–Crippen LogP) is 1.34. The summed E-state index contributed by atoms with van der Waals surface area (Å²) in [5.41, 5.74) is 0. The number of rotatable bonds is 9. The summed E-state index contributed by atoms with van der Waals surface area (Å²) in [6, 6.07) is 0. The van der Waals surface area contributed by atoms with Gasteiger partial charge >= 0.3 is 0 Å². The molecule has 1 saturated carbocycles. The second kappa shape index (κ2) is 7.63. The van der Waals surface area contributed by atoms with E-state index < -0.39 is 0 Å². The Balaban J connectivity index is 1.80. The van der Waals surface area contributed by atoms with Gasteiger partial charge in [0, 0.05) is 19.8 Å². The van der Waals surface area contributed by atoms with Crippen molar-refractivity contribution in [2.45, 2.75) is 39.2 Å². The van der Waals surface area contributed by atoms with Crippen molar-refractivity contribution in [2.24, 2.45) is 5.92 Å². The van der Waals surface area contributed by atoms with E-state index in [0.717, 1.165) is 25.6 Å². The Kier molecular flexibility index (Phi) is 6.42. The van der Waals surface area contributed by atoms with Gasteiger partial charge in [0.2, 0.25) is 5.91 Å². The summed E-state index contributed by atoms with van der Waals surface area (Å²) in [7, 11) is 0.